The molecule has 2 aromatic heterocycles. The van der Waals surface area contributed by atoms with Crippen LogP contribution in [0.25, 0.3) is 0 Å². The Morgan fingerprint density at radius 2 is 2.00 bits per heavy atom. The Kier molecular flexibility index (Phi) is 5.23. The molecule has 0 saturated carbocycles. The van der Waals surface area contributed by atoms with Crippen molar-refractivity contribution < 1.29 is 4.79 Å². The molecular formula is C17H27N5O. The second kappa shape index (κ2) is 6.98. The van der Waals surface area contributed by atoms with Crippen molar-refractivity contribution in [2.24, 2.45) is 0 Å². The van der Waals surface area contributed by atoms with Crippen molar-refractivity contribution in [3.05, 3.63) is 34.9 Å². The highest BCUT2D eigenvalue weighted by Gasteiger charge is 2.19. The highest BCUT2D eigenvalue weighted by Crippen LogP contribution is 2.24. The SMILES string of the molecule is Cc1n[nH]c(C)c1[C@H](C)CC(=O)N[C@@H](C)c1cnn(C(C)C)c1. The Morgan fingerprint density at radius 1 is 1.30 bits per heavy atom. The van der Waals surface area contributed by atoms with Gasteiger partial charge in [0.1, 0.15) is 0 Å². The summed E-state index contributed by atoms with van der Waals surface area (Å²) in [7, 11) is 0. The molecule has 0 spiro atoms. The summed E-state index contributed by atoms with van der Waals surface area (Å²) in [5, 5.41) is 14.6. The van der Waals surface area contributed by atoms with Gasteiger partial charge in [0.15, 0.2) is 0 Å². The van der Waals surface area contributed by atoms with E-state index in [9.17, 15) is 4.79 Å². The van der Waals surface area contributed by atoms with Crippen molar-refractivity contribution in [2.45, 2.75) is 66.0 Å². The summed E-state index contributed by atoms with van der Waals surface area (Å²) in [6.45, 7) is 12.2. The maximum Gasteiger partial charge on any atom is 0.221 e. The van der Waals surface area contributed by atoms with E-state index in [1.807, 2.05) is 37.8 Å². The second-order valence-corrected chi connectivity index (χ2v) is 6.59. The zero-order valence-electron chi connectivity index (χ0n) is 14.8. The molecule has 2 heterocycles. The fourth-order valence-corrected chi connectivity index (χ4v) is 2.91. The standard InChI is InChI=1S/C17H27N5O/c1-10(2)22-9-15(8-18-22)12(4)19-16(23)7-11(3)17-13(5)20-21-14(17)6/h8-12H,7H2,1-6H3,(H,19,23)(H,20,21)/t11-,12+/m1/s1. The van der Waals surface area contributed by atoms with E-state index < -0.39 is 0 Å². The summed E-state index contributed by atoms with van der Waals surface area (Å²) in [5.41, 5.74) is 4.17. The third kappa shape index (κ3) is 4.00. The van der Waals surface area contributed by atoms with Crippen LogP contribution in [-0.4, -0.2) is 25.9 Å². The lowest BCUT2D eigenvalue weighted by Crippen LogP contribution is -2.27. The quantitative estimate of drug-likeness (QED) is 0.859. The van der Waals surface area contributed by atoms with Gasteiger partial charge >= 0.3 is 0 Å². The number of hydrogen-bond acceptors (Lipinski definition) is 3. The van der Waals surface area contributed by atoms with E-state index in [-0.39, 0.29) is 17.9 Å². The van der Waals surface area contributed by atoms with E-state index in [0.29, 0.717) is 12.5 Å². The average Bonchev–Trinajstić information content (AvgIpc) is 3.06. The van der Waals surface area contributed by atoms with Gasteiger partial charge in [-0.05, 0) is 46.1 Å². The Balaban J connectivity index is 1.96. The number of carbonyl (C=O) groups is 1. The lowest BCUT2D eigenvalue weighted by atomic mass is 9.95. The Morgan fingerprint density at radius 3 is 2.52 bits per heavy atom. The third-order valence-electron chi connectivity index (χ3n) is 4.20. The number of nitrogens with one attached hydrogen (secondary N) is 2. The van der Waals surface area contributed by atoms with Crippen molar-refractivity contribution in [2.75, 3.05) is 0 Å². The molecule has 2 atom stereocenters. The van der Waals surface area contributed by atoms with Crippen LogP contribution < -0.4 is 5.32 Å². The minimum absolute atomic E-state index is 0.0438. The summed E-state index contributed by atoms with van der Waals surface area (Å²) in [4.78, 5) is 12.3. The monoisotopic (exact) mass is 317 g/mol. The molecule has 0 bridgehead atoms. The van der Waals surface area contributed by atoms with E-state index >= 15 is 0 Å². The van der Waals surface area contributed by atoms with Crippen molar-refractivity contribution in [3.8, 4) is 0 Å². The molecule has 0 unspecified atom stereocenters. The molecule has 0 fully saturated rings. The van der Waals surface area contributed by atoms with Gasteiger partial charge in [0.25, 0.3) is 0 Å². The van der Waals surface area contributed by atoms with Gasteiger partial charge in [-0.2, -0.15) is 10.2 Å². The van der Waals surface area contributed by atoms with Crippen LogP contribution in [0.5, 0.6) is 0 Å². The van der Waals surface area contributed by atoms with Crippen molar-refractivity contribution >= 4 is 5.91 Å². The molecular weight excluding hydrogens is 290 g/mol. The molecule has 0 aliphatic rings. The van der Waals surface area contributed by atoms with Crippen LogP contribution >= 0.6 is 0 Å². The first-order valence-corrected chi connectivity index (χ1v) is 8.14. The average molecular weight is 317 g/mol. The van der Waals surface area contributed by atoms with E-state index in [2.05, 4.69) is 41.4 Å². The molecule has 6 nitrogen and oxygen atoms in total. The highest BCUT2D eigenvalue weighted by atomic mass is 16.1. The van der Waals surface area contributed by atoms with Gasteiger partial charge in [-0.15, -0.1) is 0 Å². The lowest BCUT2D eigenvalue weighted by molar-refractivity contribution is -0.122. The number of rotatable bonds is 6. The van der Waals surface area contributed by atoms with Crippen LogP contribution in [0.3, 0.4) is 0 Å². The Labute approximate surface area is 137 Å². The molecule has 6 heteroatoms. The molecule has 0 radical (unpaired) electrons. The Hall–Kier alpha value is -2.11. The number of nitrogens with zero attached hydrogens (tertiary/aromatic N) is 3. The predicted octanol–water partition coefficient (Wildman–Crippen LogP) is 3.17. The van der Waals surface area contributed by atoms with Crippen LogP contribution in [0.15, 0.2) is 12.4 Å². The molecule has 1 amide bonds. The first-order valence-electron chi connectivity index (χ1n) is 8.14. The molecule has 0 aliphatic carbocycles. The fraction of sp³-hybridized carbons (Fsp3) is 0.588. The Bertz CT molecular complexity index is 651. The molecule has 2 aromatic rings. The van der Waals surface area contributed by atoms with Gasteiger partial charge in [0.05, 0.1) is 17.9 Å². The van der Waals surface area contributed by atoms with Gasteiger partial charge in [-0.25, -0.2) is 0 Å². The number of carbonyl (C=O) groups excluding carboxylic acids is 1. The third-order valence-corrected chi connectivity index (χ3v) is 4.20. The van der Waals surface area contributed by atoms with Gasteiger partial charge in [0, 0.05) is 29.9 Å². The van der Waals surface area contributed by atoms with Gasteiger partial charge in [-0.1, -0.05) is 6.92 Å². The highest BCUT2D eigenvalue weighted by molar-refractivity contribution is 5.77. The smallest absolute Gasteiger partial charge is 0.221 e. The number of amides is 1. The topological polar surface area (TPSA) is 75.6 Å². The first-order chi connectivity index (χ1) is 10.8. The number of aromatic amines is 1. The van der Waals surface area contributed by atoms with Crippen LogP contribution in [0, 0.1) is 13.8 Å². The molecule has 2 rings (SSSR count). The molecule has 0 aromatic carbocycles. The van der Waals surface area contributed by atoms with E-state index in [4.69, 9.17) is 0 Å². The summed E-state index contributed by atoms with van der Waals surface area (Å²) in [6.07, 6.45) is 4.26. The summed E-state index contributed by atoms with van der Waals surface area (Å²) < 4.78 is 1.90. The molecule has 0 saturated heterocycles. The number of H-pyrrole nitrogens is 1. The van der Waals surface area contributed by atoms with Crippen molar-refractivity contribution in [1.29, 1.82) is 0 Å². The van der Waals surface area contributed by atoms with E-state index in [1.54, 1.807) is 0 Å². The van der Waals surface area contributed by atoms with Crippen LogP contribution in [0.2, 0.25) is 0 Å². The van der Waals surface area contributed by atoms with Gasteiger partial charge < -0.3 is 5.32 Å². The lowest BCUT2D eigenvalue weighted by Gasteiger charge is -2.16. The molecule has 23 heavy (non-hydrogen) atoms. The molecule has 126 valence electrons. The number of hydrogen-bond donors (Lipinski definition) is 2. The van der Waals surface area contributed by atoms with Crippen molar-refractivity contribution in [3.63, 3.8) is 0 Å². The van der Waals surface area contributed by atoms with Crippen LogP contribution in [-0.2, 0) is 4.79 Å². The summed E-state index contributed by atoms with van der Waals surface area (Å²) >= 11 is 0. The van der Waals surface area contributed by atoms with Gasteiger partial charge in [-0.3, -0.25) is 14.6 Å². The van der Waals surface area contributed by atoms with Gasteiger partial charge in [0.2, 0.25) is 5.91 Å². The maximum atomic E-state index is 12.3. The predicted molar refractivity (Wildman–Crippen MR) is 90.3 cm³/mol. The molecule has 2 N–H and O–H groups in total. The van der Waals surface area contributed by atoms with Crippen molar-refractivity contribution in [1.82, 2.24) is 25.3 Å². The summed E-state index contributed by atoms with van der Waals surface area (Å²) in [6, 6.07) is 0.271. The second-order valence-electron chi connectivity index (χ2n) is 6.59. The largest absolute Gasteiger partial charge is 0.349 e. The zero-order valence-corrected chi connectivity index (χ0v) is 14.8. The van der Waals surface area contributed by atoms with E-state index in [1.165, 1.54) is 0 Å². The maximum absolute atomic E-state index is 12.3. The normalized spacial score (nSPS) is 14.0. The number of aryl methyl sites for hydroxylation is 2. The minimum Gasteiger partial charge on any atom is -0.349 e. The fourth-order valence-electron chi connectivity index (χ4n) is 2.91. The minimum atomic E-state index is -0.0475. The zero-order chi connectivity index (χ0) is 17.1. The van der Waals surface area contributed by atoms with Crippen LogP contribution in [0.1, 0.15) is 74.6 Å². The van der Waals surface area contributed by atoms with E-state index in [0.717, 1.165) is 22.5 Å². The van der Waals surface area contributed by atoms with Crippen LogP contribution in [0.4, 0.5) is 0 Å². The number of aromatic nitrogens is 4. The summed E-state index contributed by atoms with van der Waals surface area (Å²) in [5.74, 6) is 0.182. The molecule has 0 aliphatic heterocycles. The first kappa shape index (κ1) is 17.2.